The summed E-state index contributed by atoms with van der Waals surface area (Å²) in [6.45, 7) is 8.03. The minimum Gasteiger partial charge on any atom is -0.350 e. The molecule has 0 aliphatic rings. The molecular formula is C13H19NO. The van der Waals surface area contributed by atoms with Gasteiger partial charge in [0.05, 0.1) is 6.04 Å². The highest BCUT2D eigenvalue weighted by Crippen LogP contribution is 2.18. The maximum absolute atomic E-state index is 11.3. The summed E-state index contributed by atoms with van der Waals surface area (Å²) in [5, 5.41) is 2.97. The summed E-state index contributed by atoms with van der Waals surface area (Å²) in [6, 6.07) is 6.42. The van der Waals surface area contributed by atoms with E-state index >= 15 is 0 Å². The SMILES string of the molecule is CCC(=O)N[C@@H](C)c1cc(C)ccc1C. The fourth-order valence-electron chi connectivity index (χ4n) is 1.65. The van der Waals surface area contributed by atoms with E-state index in [4.69, 9.17) is 0 Å². The van der Waals surface area contributed by atoms with Crippen LogP contribution in [0, 0.1) is 13.8 Å². The van der Waals surface area contributed by atoms with Crippen LogP contribution in [0.3, 0.4) is 0 Å². The van der Waals surface area contributed by atoms with Gasteiger partial charge in [-0.25, -0.2) is 0 Å². The van der Waals surface area contributed by atoms with Gasteiger partial charge in [-0.1, -0.05) is 30.7 Å². The van der Waals surface area contributed by atoms with Crippen molar-refractivity contribution < 1.29 is 4.79 Å². The lowest BCUT2D eigenvalue weighted by Crippen LogP contribution is -2.26. The normalized spacial score (nSPS) is 12.3. The Morgan fingerprint density at radius 1 is 1.40 bits per heavy atom. The van der Waals surface area contributed by atoms with Crippen LogP contribution in [-0.2, 0) is 4.79 Å². The Kier molecular flexibility index (Phi) is 3.89. The zero-order valence-electron chi connectivity index (χ0n) is 9.92. The number of hydrogen-bond acceptors (Lipinski definition) is 1. The molecule has 0 aromatic heterocycles. The smallest absolute Gasteiger partial charge is 0.220 e. The number of carbonyl (C=O) groups is 1. The highest BCUT2D eigenvalue weighted by molar-refractivity contribution is 5.76. The molecule has 0 fully saturated rings. The molecule has 1 aromatic rings. The largest absolute Gasteiger partial charge is 0.350 e. The van der Waals surface area contributed by atoms with Crippen LogP contribution in [-0.4, -0.2) is 5.91 Å². The van der Waals surface area contributed by atoms with E-state index in [-0.39, 0.29) is 11.9 Å². The highest BCUT2D eigenvalue weighted by Gasteiger charge is 2.10. The molecule has 2 nitrogen and oxygen atoms in total. The first-order chi connectivity index (χ1) is 7.04. The van der Waals surface area contributed by atoms with Gasteiger partial charge in [-0.3, -0.25) is 4.79 Å². The molecule has 1 atom stereocenters. The second kappa shape index (κ2) is 4.96. The van der Waals surface area contributed by atoms with Gasteiger partial charge in [-0.05, 0) is 31.9 Å². The zero-order valence-corrected chi connectivity index (χ0v) is 9.92. The van der Waals surface area contributed by atoms with Gasteiger partial charge in [0.1, 0.15) is 0 Å². The van der Waals surface area contributed by atoms with E-state index < -0.39 is 0 Å². The summed E-state index contributed by atoms with van der Waals surface area (Å²) in [4.78, 5) is 11.3. The molecule has 82 valence electrons. The van der Waals surface area contributed by atoms with Gasteiger partial charge in [0, 0.05) is 6.42 Å². The summed E-state index contributed by atoms with van der Waals surface area (Å²) in [5.41, 5.74) is 3.66. The van der Waals surface area contributed by atoms with Crippen LogP contribution in [0.1, 0.15) is 43.0 Å². The molecule has 0 spiro atoms. The standard InChI is InChI=1S/C13H19NO/c1-5-13(15)14-11(4)12-8-9(2)6-7-10(12)3/h6-8,11H,5H2,1-4H3,(H,14,15)/t11-/m0/s1. The van der Waals surface area contributed by atoms with Gasteiger partial charge in [0.15, 0.2) is 0 Å². The molecule has 1 aromatic carbocycles. The van der Waals surface area contributed by atoms with Crippen molar-refractivity contribution in [2.45, 2.75) is 40.2 Å². The average molecular weight is 205 g/mol. The summed E-state index contributed by atoms with van der Waals surface area (Å²) in [5.74, 6) is 0.100. The van der Waals surface area contributed by atoms with E-state index in [2.05, 4.69) is 37.4 Å². The number of rotatable bonds is 3. The first-order valence-electron chi connectivity index (χ1n) is 5.41. The van der Waals surface area contributed by atoms with Crippen molar-refractivity contribution in [3.8, 4) is 0 Å². The van der Waals surface area contributed by atoms with Gasteiger partial charge in [-0.2, -0.15) is 0 Å². The Morgan fingerprint density at radius 2 is 2.07 bits per heavy atom. The predicted molar refractivity (Wildman–Crippen MR) is 62.8 cm³/mol. The van der Waals surface area contributed by atoms with Gasteiger partial charge >= 0.3 is 0 Å². The number of nitrogens with one attached hydrogen (secondary N) is 1. The Bertz CT molecular complexity index is 358. The second-order valence-corrected chi connectivity index (χ2v) is 4.00. The molecule has 1 amide bonds. The Balaban J connectivity index is 2.85. The summed E-state index contributed by atoms with van der Waals surface area (Å²) in [6.07, 6.45) is 0.537. The first-order valence-corrected chi connectivity index (χ1v) is 5.41. The van der Waals surface area contributed by atoms with Crippen LogP contribution >= 0.6 is 0 Å². The van der Waals surface area contributed by atoms with Crippen molar-refractivity contribution in [1.29, 1.82) is 0 Å². The van der Waals surface area contributed by atoms with Crippen molar-refractivity contribution in [3.05, 3.63) is 34.9 Å². The van der Waals surface area contributed by atoms with Crippen LogP contribution in [0.5, 0.6) is 0 Å². The molecular weight excluding hydrogens is 186 g/mol. The number of amides is 1. The summed E-state index contributed by atoms with van der Waals surface area (Å²) in [7, 11) is 0. The van der Waals surface area contributed by atoms with E-state index in [9.17, 15) is 4.79 Å². The van der Waals surface area contributed by atoms with Gasteiger partial charge in [0.25, 0.3) is 0 Å². The van der Waals surface area contributed by atoms with Gasteiger partial charge in [-0.15, -0.1) is 0 Å². The van der Waals surface area contributed by atoms with E-state index in [0.29, 0.717) is 6.42 Å². The Hall–Kier alpha value is -1.31. The molecule has 0 saturated heterocycles. The van der Waals surface area contributed by atoms with Crippen LogP contribution < -0.4 is 5.32 Å². The van der Waals surface area contributed by atoms with Crippen molar-refractivity contribution >= 4 is 5.91 Å². The van der Waals surface area contributed by atoms with E-state index in [1.807, 2.05) is 13.8 Å². The van der Waals surface area contributed by atoms with Crippen molar-refractivity contribution in [3.63, 3.8) is 0 Å². The molecule has 2 heteroatoms. The van der Waals surface area contributed by atoms with Crippen LogP contribution in [0.4, 0.5) is 0 Å². The molecule has 0 saturated carbocycles. The van der Waals surface area contributed by atoms with Gasteiger partial charge in [0.2, 0.25) is 5.91 Å². The highest BCUT2D eigenvalue weighted by atomic mass is 16.1. The average Bonchev–Trinajstić information content (AvgIpc) is 2.21. The van der Waals surface area contributed by atoms with Crippen LogP contribution in [0.2, 0.25) is 0 Å². The Morgan fingerprint density at radius 3 is 2.67 bits per heavy atom. The number of hydrogen-bond donors (Lipinski definition) is 1. The minimum atomic E-state index is 0.0948. The number of aryl methyl sites for hydroxylation is 2. The summed E-state index contributed by atoms with van der Waals surface area (Å²) < 4.78 is 0. The fraction of sp³-hybridized carbons (Fsp3) is 0.462. The van der Waals surface area contributed by atoms with Crippen molar-refractivity contribution in [2.75, 3.05) is 0 Å². The zero-order chi connectivity index (χ0) is 11.4. The van der Waals surface area contributed by atoms with Crippen molar-refractivity contribution in [2.24, 2.45) is 0 Å². The number of carbonyl (C=O) groups excluding carboxylic acids is 1. The van der Waals surface area contributed by atoms with Crippen molar-refractivity contribution in [1.82, 2.24) is 5.32 Å². The van der Waals surface area contributed by atoms with Gasteiger partial charge < -0.3 is 5.32 Å². The molecule has 1 rings (SSSR count). The Labute approximate surface area is 91.7 Å². The molecule has 0 heterocycles. The lowest BCUT2D eigenvalue weighted by atomic mass is 10.00. The maximum Gasteiger partial charge on any atom is 0.220 e. The third-order valence-corrected chi connectivity index (χ3v) is 2.60. The third-order valence-electron chi connectivity index (χ3n) is 2.60. The molecule has 0 aliphatic carbocycles. The second-order valence-electron chi connectivity index (χ2n) is 4.00. The molecule has 0 aliphatic heterocycles. The van der Waals surface area contributed by atoms with E-state index in [1.165, 1.54) is 16.7 Å². The molecule has 0 bridgehead atoms. The third kappa shape index (κ3) is 3.08. The predicted octanol–water partition coefficient (Wildman–Crippen LogP) is 2.89. The quantitative estimate of drug-likeness (QED) is 0.807. The molecule has 1 N–H and O–H groups in total. The minimum absolute atomic E-state index is 0.0948. The molecule has 15 heavy (non-hydrogen) atoms. The van der Waals surface area contributed by atoms with Crippen LogP contribution in [0.15, 0.2) is 18.2 Å². The first kappa shape index (κ1) is 11.8. The lowest BCUT2D eigenvalue weighted by Gasteiger charge is -2.16. The lowest BCUT2D eigenvalue weighted by molar-refractivity contribution is -0.121. The number of benzene rings is 1. The van der Waals surface area contributed by atoms with Crippen LogP contribution in [0.25, 0.3) is 0 Å². The summed E-state index contributed by atoms with van der Waals surface area (Å²) >= 11 is 0. The topological polar surface area (TPSA) is 29.1 Å². The van der Waals surface area contributed by atoms with E-state index in [1.54, 1.807) is 0 Å². The maximum atomic E-state index is 11.3. The monoisotopic (exact) mass is 205 g/mol. The fourth-order valence-corrected chi connectivity index (χ4v) is 1.65. The van der Waals surface area contributed by atoms with E-state index in [0.717, 1.165) is 0 Å². The molecule has 0 unspecified atom stereocenters. The molecule has 0 radical (unpaired) electrons.